The number of phenolic OH excluding ortho intramolecular Hbond substituents is 1. The zero-order valence-electron chi connectivity index (χ0n) is 76.7. The third kappa shape index (κ3) is 45.5. The first-order chi connectivity index (χ1) is 67.3. The molecule has 0 saturated heterocycles. The third-order valence-electron chi connectivity index (χ3n) is 21.0. The molecular weight excluding hydrogens is 2040 g/mol. The Hall–Kier alpha value is -12.0. The minimum Gasteiger partial charge on any atom is -0.508 e. The van der Waals surface area contributed by atoms with Crippen molar-refractivity contribution >= 4 is 68.0 Å². The first kappa shape index (κ1) is 117. The van der Waals surface area contributed by atoms with Gasteiger partial charge in [0.25, 0.3) is 0 Å². The van der Waals surface area contributed by atoms with Crippen LogP contribution < -0.4 is 24.4 Å². The number of carboxylic acids is 2. The second kappa shape index (κ2) is 59.1. The molecule has 0 atom stereocenters. The maximum atomic E-state index is 12.6. The van der Waals surface area contributed by atoms with E-state index in [1.165, 1.54) is 72.8 Å². The summed E-state index contributed by atoms with van der Waals surface area (Å²) in [6.45, 7) is 8.30. The number of aromatic hydroxyl groups is 1. The summed E-state index contributed by atoms with van der Waals surface area (Å²) in [5.41, 5.74) is 8.02. The van der Waals surface area contributed by atoms with Gasteiger partial charge in [0.15, 0.2) is 0 Å². The molecule has 0 saturated carbocycles. The van der Waals surface area contributed by atoms with Gasteiger partial charge in [-0.3, -0.25) is 9.80 Å². The Morgan fingerprint density at radius 3 is 0.725 bits per heavy atom. The molecule has 12 aromatic carbocycles. The Balaban J connectivity index is 0.000000227. The number of carboxylic acid groups (broad SMARTS) is 2. The lowest BCUT2D eigenvalue weighted by atomic mass is 9.80. The average molecular weight is 2140 g/mol. The van der Waals surface area contributed by atoms with E-state index in [9.17, 15) is 79.0 Å². The fourth-order valence-electron chi connectivity index (χ4n) is 13.3. The van der Waals surface area contributed by atoms with Crippen LogP contribution in [0, 0.1) is 0 Å². The van der Waals surface area contributed by atoms with E-state index in [0.29, 0.717) is 68.6 Å². The van der Waals surface area contributed by atoms with E-state index in [2.05, 4.69) is 66.0 Å². The quantitative estimate of drug-likeness (QED) is 0.00782. The fraction of sp³-hybridized carbons (Fsp3) is 0.271. The SMILES string of the molecule is COc1ccc(Cc2ccc(C(F)(F)F)cc2)cc1.FC(F)(F)c1ccc(CBr)cc1.FC(F)(F)c1ccc(Cc2ccc(OCCCCl)cc2)cc1.FC(F)(F)c1ccc(Cc2ccc(OCCCN3CC=CCC3)cc2)cc1.FC(F)(F)c1ccc(Cc2ccc(OCCCN3CC=CCC3)cc2)cc1.O=C(O)C(=O)O.OB(O)c1ccc(CBr)cc1.Oc1ccc(Cc2ccc(C(F)(F)F)cc2)cc1. The van der Waals surface area contributed by atoms with Gasteiger partial charge < -0.3 is 44.3 Å². The standard InChI is InChI=1S/2C22H24F3NO.C17H16ClF3O.C15H13F3O.C14H11F3O.C8H6BrF3.C7H8BBrO2.C2H2O4/c2*23-22(24,25)20-9-5-18(6-10-20)17-19-7-11-21(12-8-19)27-16-4-15-26-13-2-1-3-14-26;18-10-1-11-22-16-8-4-14(5-9-16)12-13-2-6-15(7-3-13)17(19,20)21;1-19-14-8-4-12(5-9-14)10-11-2-6-13(7-3-11)15(16,17)18;15-14(16,17)12-5-1-10(2-6-12)9-11-3-7-13(18)8-4-11;9-5-6-1-3-7(4-2-6)8(10,11)12;9-5-6-1-3-7(4-2-6)8(10)11;3-1(4)2(5)6/h2*1-2,5-12H,3-4,13-17H2;2-9H,1,10-12H2;2-9H,10H2,1H3;1-8,18H,9H2;1-4H,5H2;1-4,10-11H,5H2;(H,3,4)(H,5,6). The number of phenols is 1. The number of alkyl halides is 21. The van der Waals surface area contributed by atoms with Gasteiger partial charge >= 0.3 is 56.1 Å². The number of hydrogen-bond donors (Lipinski definition) is 5. The highest BCUT2D eigenvalue weighted by atomic mass is 79.9. The number of hydrogen-bond acceptors (Lipinski definition) is 11. The molecule has 0 fully saturated rings. The summed E-state index contributed by atoms with van der Waals surface area (Å²) >= 11 is 12.0. The number of nitrogens with zero attached hydrogens (tertiary/aromatic N) is 2. The lowest BCUT2D eigenvalue weighted by Gasteiger charge is -2.22. The maximum absolute atomic E-state index is 12.6. The van der Waals surface area contributed by atoms with Crippen molar-refractivity contribution in [2.45, 2.75) is 112 Å². The molecule has 2 aliphatic heterocycles. The molecule has 13 nitrogen and oxygen atoms in total. The predicted molar refractivity (Wildman–Crippen MR) is 521 cm³/mol. The molecule has 35 heteroatoms. The van der Waals surface area contributed by atoms with Gasteiger partial charge in [0.1, 0.15) is 28.7 Å². The Morgan fingerprint density at radius 1 is 0.317 bits per heavy atom. The molecule has 758 valence electrons. The van der Waals surface area contributed by atoms with Crippen LogP contribution in [-0.2, 0) is 89.4 Å². The van der Waals surface area contributed by atoms with Gasteiger partial charge in [-0.1, -0.05) is 214 Å². The highest BCUT2D eigenvalue weighted by Crippen LogP contribution is 2.36. The molecule has 2 heterocycles. The summed E-state index contributed by atoms with van der Waals surface area (Å²) in [4.78, 5) is 23.0. The zero-order chi connectivity index (χ0) is 104. The minimum atomic E-state index is -4.29. The molecule has 0 aromatic heterocycles. The van der Waals surface area contributed by atoms with Gasteiger partial charge in [-0.05, 0) is 270 Å². The van der Waals surface area contributed by atoms with Crippen LogP contribution in [0.2, 0.25) is 0 Å². The highest BCUT2D eigenvalue weighted by molar-refractivity contribution is 9.08. The van der Waals surface area contributed by atoms with Gasteiger partial charge in [-0.15, -0.1) is 11.6 Å². The summed E-state index contributed by atoms with van der Waals surface area (Å²) in [5.74, 6) is 0.259. The van der Waals surface area contributed by atoms with Crippen molar-refractivity contribution in [3.63, 3.8) is 0 Å². The Labute approximate surface area is 834 Å². The smallest absolute Gasteiger partial charge is 0.488 e. The topological polar surface area (TPSA) is 179 Å². The molecule has 0 unspecified atom stereocenters. The molecular formula is C107H104BBr2ClF18N2O11. The summed E-state index contributed by atoms with van der Waals surface area (Å²) in [5, 5.41) is 42.7. The number of methoxy groups -OCH3 is 1. The maximum Gasteiger partial charge on any atom is 0.488 e. The minimum absolute atomic E-state index is 0.172. The summed E-state index contributed by atoms with van der Waals surface area (Å²) in [6.07, 6.45) is -8.88. The summed E-state index contributed by atoms with van der Waals surface area (Å²) in [6, 6.07) is 75.5. The van der Waals surface area contributed by atoms with E-state index in [-0.39, 0.29) is 5.75 Å². The highest BCUT2D eigenvalue weighted by Gasteiger charge is 2.35. The van der Waals surface area contributed by atoms with Crippen LogP contribution in [0.25, 0.3) is 0 Å². The second-order valence-corrected chi connectivity index (χ2v) is 33.4. The first-order valence-corrected chi connectivity index (χ1v) is 47.0. The number of carbonyl (C=O) groups is 2. The first-order valence-electron chi connectivity index (χ1n) is 44.2. The number of ether oxygens (including phenoxy) is 4. The number of benzene rings is 12. The monoisotopic (exact) mass is 2140 g/mol. The van der Waals surface area contributed by atoms with Crippen LogP contribution in [-0.4, -0.2) is 126 Å². The van der Waals surface area contributed by atoms with Crippen LogP contribution >= 0.6 is 43.5 Å². The molecule has 0 spiro atoms. The number of halogens is 21. The molecule has 0 radical (unpaired) electrons. The lowest BCUT2D eigenvalue weighted by Crippen LogP contribution is -2.29. The predicted octanol–water partition coefficient (Wildman–Crippen LogP) is 27.3. The molecule has 2 aliphatic rings. The van der Waals surface area contributed by atoms with E-state index in [0.717, 1.165) is 239 Å². The number of rotatable bonds is 28. The van der Waals surface area contributed by atoms with Crippen LogP contribution in [0.15, 0.2) is 315 Å². The van der Waals surface area contributed by atoms with Crippen molar-refractivity contribution in [3.8, 4) is 28.7 Å². The Morgan fingerprint density at radius 2 is 0.528 bits per heavy atom. The van der Waals surface area contributed by atoms with Crippen molar-refractivity contribution < 1.29 is 133 Å². The van der Waals surface area contributed by atoms with E-state index in [1.807, 2.05) is 109 Å². The molecule has 5 N–H and O–H groups in total. The van der Waals surface area contributed by atoms with Crippen molar-refractivity contribution in [2.75, 3.05) is 72.1 Å². The van der Waals surface area contributed by atoms with E-state index in [4.69, 9.17) is 65.5 Å². The molecule has 0 bridgehead atoms. The summed E-state index contributed by atoms with van der Waals surface area (Å²) in [7, 11) is 0.226. The molecule has 14 rings (SSSR count). The van der Waals surface area contributed by atoms with E-state index < -0.39 is 89.5 Å². The van der Waals surface area contributed by atoms with Crippen LogP contribution in [0.5, 0.6) is 28.7 Å². The van der Waals surface area contributed by atoms with Gasteiger partial charge in [-0.2, -0.15) is 79.0 Å². The average Bonchev–Trinajstić information content (AvgIpc) is 0.881. The zero-order valence-corrected chi connectivity index (χ0v) is 80.6. The van der Waals surface area contributed by atoms with Crippen LogP contribution in [0.3, 0.4) is 0 Å². The van der Waals surface area contributed by atoms with Crippen LogP contribution in [0.4, 0.5) is 79.0 Å². The van der Waals surface area contributed by atoms with E-state index >= 15 is 0 Å². The van der Waals surface area contributed by atoms with Gasteiger partial charge in [0, 0.05) is 55.8 Å². The second-order valence-electron chi connectivity index (χ2n) is 31.9. The fourth-order valence-corrected chi connectivity index (χ4v) is 14.1. The number of aliphatic carboxylic acids is 2. The largest absolute Gasteiger partial charge is 0.508 e. The third-order valence-corrected chi connectivity index (χ3v) is 22.5. The van der Waals surface area contributed by atoms with Gasteiger partial charge in [0.05, 0.1) is 60.3 Å². The Kier molecular flexibility index (Phi) is 48.7. The molecule has 12 aromatic rings. The Bertz CT molecular complexity index is 5550. The van der Waals surface area contributed by atoms with Crippen molar-refractivity contribution in [1.82, 2.24) is 9.80 Å². The summed E-state index contributed by atoms with van der Waals surface area (Å²) < 4.78 is 246. The van der Waals surface area contributed by atoms with Crippen molar-refractivity contribution in [1.29, 1.82) is 0 Å². The molecule has 0 amide bonds. The van der Waals surface area contributed by atoms with Crippen molar-refractivity contribution in [3.05, 3.63) is 416 Å². The van der Waals surface area contributed by atoms with Crippen LogP contribution in [0.1, 0.15) is 132 Å². The van der Waals surface area contributed by atoms with Gasteiger partial charge in [0.2, 0.25) is 0 Å². The normalized spacial score (nSPS) is 12.5. The van der Waals surface area contributed by atoms with E-state index in [1.54, 1.807) is 43.5 Å². The van der Waals surface area contributed by atoms with Crippen molar-refractivity contribution in [2.24, 2.45) is 0 Å². The van der Waals surface area contributed by atoms with Gasteiger partial charge in [-0.25, -0.2) is 9.59 Å². The lowest BCUT2D eigenvalue weighted by molar-refractivity contribution is -0.159. The molecule has 0 aliphatic carbocycles. The molecule has 142 heavy (non-hydrogen) atoms.